The number of fused-ring (bicyclic) bond motifs is 2. The predicted molar refractivity (Wildman–Crippen MR) is 160 cm³/mol. The van der Waals surface area contributed by atoms with Crippen LogP contribution in [-0.2, 0) is 16.1 Å². The van der Waals surface area contributed by atoms with E-state index in [1.807, 2.05) is 0 Å². The number of aliphatic hydroxyl groups is 2. The molecule has 228 valence electrons. The molecule has 44 heavy (non-hydrogen) atoms. The molecule has 0 bridgehead atoms. The molecular formula is C30H28ClF2N7O4. The summed E-state index contributed by atoms with van der Waals surface area (Å²) in [5.74, 6) is -1.81. The molecule has 1 aliphatic heterocycles. The SMILES string of the molecule is C[C@H](O)c1nc2c(Cl)c(-c3cccc(NC(=O)[C@@H]4C[C@@H](F)CN4C(=O)Cn4nc(C(N)O)c5ccccc54)c3F)ccc2[nH]1. The normalized spacial score (nSPS) is 18.2. The zero-order valence-electron chi connectivity index (χ0n) is 23.3. The quantitative estimate of drug-likeness (QED) is 0.171. The minimum Gasteiger partial charge on any atom is -0.385 e. The van der Waals surface area contributed by atoms with Gasteiger partial charge in [0.15, 0.2) is 5.82 Å². The Morgan fingerprint density at radius 3 is 2.68 bits per heavy atom. The summed E-state index contributed by atoms with van der Waals surface area (Å²) in [7, 11) is 0. The Balaban J connectivity index is 1.24. The molecule has 0 spiro atoms. The van der Waals surface area contributed by atoms with Crippen LogP contribution in [0.4, 0.5) is 14.5 Å². The summed E-state index contributed by atoms with van der Waals surface area (Å²) in [4.78, 5) is 35.1. The van der Waals surface area contributed by atoms with E-state index in [1.54, 1.807) is 43.3 Å². The highest BCUT2D eigenvalue weighted by Gasteiger charge is 2.40. The van der Waals surface area contributed by atoms with E-state index in [9.17, 15) is 24.2 Å². The summed E-state index contributed by atoms with van der Waals surface area (Å²) in [5, 5.41) is 27.3. The number of hydrogen-bond acceptors (Lipinski definition) is 7. The second-order valence-corrected chi connectivity index (χ2v) is 11.1. The number of aromatic amines is 1. The van der Waals surface area contributed by atoms with Crippen LogP contribution < -0.4 is 11.1 Å². The monoisotopic (exact) mass is 623 g/mol. The number of amides is 2. The smallest absolute Gasteiger partial charge is 0.247 e. The lowest BCUT2D eigenvalue weighted by molar-refractivity contribution is -0.137. The molecule has 5 aromatic rings. The van der Waals surface area contributed by atoms with Gasteiger partial charge in [0, 0.05) is 22.9 Å². The summed E-state index contributed by atoms with van der Waals surface area (Å²) >= 11 is 6.59. The molecule has 0 aliphatic carbocycles. The van der Waals surface area contributed by atoms with Crippen molar-refractivity contribution >= 4 is 51.0 Å². The van der Waals surface area contributed by atoms with Gasteiger partial charge < -0.3 is 31.1 Å². The fourth-order valence-corrected chi connectivity index (χ4v) is 5.85. The highest BCUT2D eigenvalue weighted by atomic mass is 35.5. The number of nitrogens with two attached hydrogens (primary N) is 1. The van der Waals surface area contributed by atoms with Crippen LogP contribution in [0.25, 0.3) is 33.1 Å². The molecular weight excluding hydrogens is 596 g/mol. The van der Waals surface area contributed by atoms with E-state index >= 15 is 4.39 Å². The lowest BCUT2D eigenvalue weighted by Gasteiger charge is -2.24. The van der Waals surface area contributed by atoms with Crippen LogP contribution in [0, 0.1) is 5.82 Å². The molecule has 11 nitrogen and oxygen atoms in total. The van der Waals surface area contributed by atoms with Crippen LogP contribution >= 0.6 is 11.6 Å². The van der Waals surface area contributed by atoms with E-state index in [4.69, 9.17) is 17.3 Å². The maximum absolute atomic E-state index is 15.8. The standard InChI is InChI=1S/C30H28ClF2N7O4/c1-14(41)29-35-20-10-9-16(24(31)27(20)37-29)17-6-4-7-19(25(17)33)36-30(44)22-11-15(32)12-39(22)23(42)13-40-21-8-3-2-5-18(21)26(38-40)28(34)43/h2-10,14-15,22,28,41,43H,11-13,34H2,1H3,(H,35,37)(H,36,44)/t14-,15+,22-,28?/m0/s1. The third-order valence-corrected chi connectivity index (χ3v) is 8.06. The average molecular weight is 624 g/mol. The summed E-state index contributed by atoms with van der Waals surface area (Å²) < 4.78 is 31.8. The van der Waals surface area contributed by atoms with Crippen LogP contribution in [0.1, 0.15) is 37.2 Å². The number of alkyl halides is 1. The molecule has 6 N–H and O–H groups in total. The van der Waals surface area contributed by atoms with Crippen molar-refractivity contribution in [3.63, 3.8) is 0 Å². The lowest BCUT2D eigenvalue weighted by atomic mass is 10.0. The highest BCUT2D eigenvalue weighted by Crippen LogP contribution is 2.37. The van der Waals surface area contributed by atoms with Crippen molar-refractivity contribution in [1.29, 1.82) is 0 Å². The Hall–Kier alpha value is -4.43. The van der Waals surface area contributed by atoms with E-state index in [-0.39, 0.29) is 41.5 Å². The molecule has 2 amide bonds. The Morgan fingerprint density at radius 2 is 1.93 bits per heavy atom. The number of carbonyl (C=O) groups excluding carboxylic acids is 2. The highest BCUT2D eigenvalue weighted by molar-refractivity contribution is 6.37. The van der Waals surface area contributed by atoms with Crippen molar-refractivity contribution in [3.8, 4) is 11.1 Å². The number of carbonyl (C=O) groups is 2. The number of halogens is 3. The number of nitrogens with one attached hydrogen (secondary N) is 2. The average Bonchev–Trinajstić information content (AvgIpc) is 3.70. The number of H-pyrrole nitrogens is 1. The number of hydrogen-bond donors (Lipinski definition) is 5. The topological polar surface area (TPSA) is 162 Å². The first-order chi connectivity index (χ1) is 21.0. The van der Waals surface area contributed by atoms with Gasteiger partial charge in [-0.2, -0.15) is 5.10 Å². The lowest BCUT2D eigenvalue weighted by Crippen LogP contribution is -2.44. The molecule has 0 saturated carbocycles. The third-order valence-electron chi connectivity index (χ3n) is 7.68. The molecule has 1 fully saturated rings. The van der Waals surface area contributed by atoms with E-state index in [1.165, 1.54) is 22.9 Å². The first kappa shape index (κ1) is 29.6. The molecule has 1 unspecified atom stereocenters. The molecule has 14 heteroatoms. The number of imidazole rings is 1. The van der Waals surface area contributed by atoms with Gasteiger partial charge in [-0.05, 0) is 25.1 Å². The second kappa shape index (κ2) is 11.6. The number of likely N-dealkylation sites (tertiary alicyclic amines) is 1. The molecule has 3 heterocycles. The zero-order chi connectivity index (χ0) is 31.3. The van der Waals surface area contributed by atoms with Gasteiger partial charge >= 0.3 is 0 Å². The summed E-state index contributed by atoms with van der Waals surface area (Å²) in [6, 6.07) is 13.3. The van der Waals surface area contributed by atoms with Gasteiger partial charge in [-0.15, -0.1) is 0 Å². The molecule has 0 radical (unpaired) electrons. The molecule has 3 aromatic carbocycles. The number of aliphatic hydroxyl groups excluding tert-OH is 2. The van der Waals surface area contributed by atoms with E-state index in [0.29, 0.717) is 33.3 Å². The number of anilines is 1. The molecule has 2 aromatic heterocycles. The van der Waals surface area contributed by atoms with Gasteiger partial charge in [-0.3, -0.25) is 14.3 Å². The fourth-order valence-electron chi connectivity index (χ4n) is 5.54. The van der Waals surface area contributed by atoms with Gasteiger partial charge in [0.2, 0.25) is 11.8 Å². The van der Waals surface area contributed by atoms with Crippen LogP contribution in [0.2, 0.25) is 5.02 Å². The summed E-state index contributed by atoms with van der Waals surface area (Å²) in [5.41, 5.74) is 7.47. The van der Waals surface area contributed by atoms with Crippen LogP contribution in [0.15, 0.2) is 54.6 Å². The Morgan fingerprint density at radius 1 is 1.16 bits per heavy atom. The van der Waals surface area contributed by atoms with E-state index in [0.717, 1.165) is 4.90 Å². The largest absolute Gasteiger partial charge is 0.385 e. The zero-order valence-corrected chi connectivity index (χ0v) is 24.1. The summed E-state index contributed by atoms with van der Waals surface area (Å²) in [6.45, 7) is 0.891. The van der Waals surface area contributed by atoms with Gasteiger partial charge in [0.05, 0.1) is 28.3 Å². The van der Waals surface area contributed by atoms with Crippen molar-refractivity contribution in [2.24, 2.45) is 5.73 Å². The number of para-hydroxylation sites is 1. The maximum Gasteiger partial charge on any atom is 0.247 e. The molecule has 1 aliphatic rings. The van der Waals surface area contributed by atoms with Crippen molar-refractivity contribution in [2.75, 3.05) is 11.9 Å². The first-order valence-corrected chi connectivity index (χ1v) is 14.2. The van der Waals surface area contributed by atoms with Crippen LogP contribution in [0.3, 0.4) is 0 Å². The minimum absolute atomic E-state index is 0.0856. The molecule has 1 saturated heterocycles. The van der Waals surface area contributed by atoms with Crippen molar-refractivity contribution < 1.29 is 28.6 Å². The van der Waals surface area contributed by atoms with E-state index in [2.05, 4.69) is 20.4 Å². The Bertz CT molecular complexity index is 1910. The van der Waals surface area contributed by atoms with Gasteiger partial charge in [-0.1, -0.05) is 48.0 Å². The van der Waals surface area contributed by atoms with Gasteiger partial charge in [-0.25, -0.2) is 13.8 Å². The van der Waals surface area contributed by atoms with Crippen molar-refractivity contribution in [1.82, 2.24) is 24.6 Å². The maximum atomic E-state index is 15.8. The van der Waals surface area contributed by atoms with Crippen LogP contribution in [0.5, 0.6) is 0 Å². The molecule has 4 atom stereocenters. The number of aromatic nitrogens is 4. The van der Waals surface area contributed by atoms with Crippen molar-refractivity contribution in [2.45, 2.75) is 44.4 Å². The summed E-state index contributed by atoms with van der Waals surface area (Å²) in [6.07, 6.45) is -3.97. The van der Waals surface area contributed by atoms with Crippen LogP contribution in [-0.4, -0.2) is 65.4 Å². The number of nitrogens with zero attached hydrogens (tertiary/aromatic N) is 4. The van der Waals surface area contributed by atoms with E-state index < -0.39 is 42.2 Å². The van der Waals surface area contributed by atoms with Gasteiger partial charge in [0.25, 0.3) is 0 Å². The van der Waals surface area contributed by atoms with Crippen molar-refractivity contribution in [3.05, 3.63) is 77.0 Å². The second-order valence-electron chi connectivity index (χ2n) is 10.7. The Labute approximate surface area is 254 Å². The minimum atomic E-state index is -1.47. The predicted octanol–water partition coefficient (Wildman–Crippen LogP) is 3.95. The third kappa shape index (κ3) is 5.28. The van der Waals surface area contributed by atoms with Gasteiger partial charge in [0.1, 0.15) is 48.1 Å². The Kier molecular flexibility index (Phi) is 7.80. The number of benzene rings is 3. The number of rotatable bonds is 7. The first-order valence-electron chi connectivity index (χ1n) is 13.8. The molecule has 6 rings (SSSR count). The fraction of sp³-hybridized carbons (Fsp3) is 0.267.